The normalized spacial score (nSPS) is 29.5. The molecule has 128 heavy (non-hydrogen) atoms. The number of halogens is 5. The predicted octanol–water partition coefficient (Wildman–Crippen LogP) is 2.48. The Bertz CT molecular complexity index is 5350. The van der Waals surface area contributed by atoms with Crippen LogP contribution in [0.25, 0.3) is 21.6 Å². The van der Waals surface area contributed by atoms with E-state index in [1.807, 2.05) is 0 Å². The van der Waals surface area contributed by atoms with Gasteiger partial charge in [0.15, 0.2) is 30.1 Å². The van der Waals surface area contributed by atoms with Crippen molar-refractivity contribution in [1.82, 2.24) is 42.5 Å². The number of carbonyl (C=O) groups is 8. The Morgan fingerprint density at radius 2 is 1.30 bits per heavy atom. The number of aliphatic carboxylic acids is 1. The molecule has 15 rings (SSSR count). The van der Waals surface area contributed by atoms with Crippen LogP contribution in [-0.2, 0) is 74.8 Å². The summed E-state index contributed by atoms with van der Waals surface area (Å²) >= 11 is 15.7. The molecule has 38 nitrogen and oxygen atoms in total. The number of aliphatic hydroxyl groups is 8. The van der Waals surface area contributed by atoms with E-state index in [9.17, 15) is 88.8 Å². The number of phenols is 3. The van der Waals surface area contributed by atoms with E-state index in [1.165, 1.54) is 56.5 Å². The molecule has 7 aromatic rings. The molecule has 0 spiro atoms. The highest BCUT2D eigenvalue weighted by Crippen LogP contribution is 2.51. The average Bonchev–Trinajstić information content (AvgIpc) is 0.827. The zero-order valence-corrected chi connectivity index (χ0v) is 70.7. The Hall–Kier alpha value is -10.7. The van der Waals surface area contributed by atoms with Crippen LogP contribution in [-0.4, -0.2) is 238 Å². The fourth-order valence-corrected chi connectivity index (χ4v) is 17.2. The van der Waals surface area contributed by atoms with Crippen molar-refractivity contribution in [3.8, 4) is 67.6 Å². The Kier molecular flexibility index (Phi) is 28.9. The molecule has 8 aliphatic heterocycles. The van der Waals surface area contributed by atoms with Crippen LogP contribution in [0.15, 0.2) is 115 Å². The summed E-state index contributed by atoms with van der Waals surface area (Å²) < 4.78 is 91.1. The Morgan fingerprint density at radius 3 is 1.92 bits per heavy atom. The number of alkyl halides is 3. The fraction of sp³-hybridized carbons (Fsp3) is 0.429. The number of carboxylic acid groups (broad SMARTS) is 1. The maximum atomic E-state index is 16.4. The summed E-state index contributed by atoms with van der Waals surface area (Å²) in [6, 6.07) is 6.52. The van der Waals surface area contributed by atoms with Crippen molar-refractivity contribution in [2.45, 2.75) is 200 Å². The number of benzene rings is 6. The number of hydrogen-bond donors (Lipinski definition) is 22. The number of fused-ring (bicyclic) bond motifs is 15. The first-order valence-electron chi connectivity index (χ1n) is 40.1. The van der Waals surface area contributed by atoms with Crippen LogP contribution in [0.3, 0.4) is 0 Å². The van der Waals surface area contributed by atoms with E-state index in [2.05, 4.69) is 42.5 Å². The summed E-state index contributed by atoms with van der Waals surface area (Å²) in [5.41, 5.74) is 7.49. The number of nitrogens with two attached hydrogens (primary N) is 2. The lowest BCUT2D eigenvalue weighted by Gasteiger charge is -2.46. The molecule has 23 atom stereocenters. The molecule has 1 aromatic heterocycles. The monoisotopic (exact) mass is 1850 g/mol. The van der Waals surface area contributed by atoms with Gasteiger partial charge in [0, 0.05) is 57.6 Å². The minimum absolute atomic E-state index is 0.0751. The first-order valence-corrected chi connectivity index (χ1v) is 41.7. The quantitative estimate of drug-likeness (QED) is 0.0521. The number of carboxylic acids is 1. The summed E-state index contributed by atoms with van der Waals surface area (Å²) in [6.07, 6.45) is -34.4. The summed E-state index contributed by atoms with van der Waals surface area (Å²) in [4.78, 5) is 122. The van der Waals surface area contributed by atoms with Crippen molar-refractivity contribution in [3.05, 3.63) is 164 Å². The number of likely N-dealkylation sites (N-methyl/N-ethyl adjacent to an activating group) is 1. The van der Waals surface area contributed by atoms with Gasteiger partial charge in [-0.2, -0.15) is 13.2 Å². The summed E-state index contributed by atoms with van der Waals surface area (Å²) in [7, 11) is 1.45. The third-order valence-electron chi connectivity index (χ3n) is 22.5. The zero-order valence-electron chi connectivity index (χ0n) is 68.3. The number of primary amides is 1. The van der Waals surface area contributed by atoms with Gasteiger partial charge >= 0.3 is 12.1 Å². The highest BCUT2D eigenvalue weighted by Gasteiger charge is 2.53. The van der Waals surface area contributed by atoms with Gasteiger partial charge in [-0.3, -0.25) is 33.6 Å². The number of amides is 7. The fourth-order valence-electron chi connectivity index (χ4n) is 15.8. The number of hydrogen-bond acceptors (Lipinski definition) is 31. The largest absolute Gasteiger partial charge is 0.508 e. The lowest BCUT2D eigenvalue weighted by molar-refractivity contribution is -0.350. The second-order valence-electron chi connectivity index (χ2n) is 32.3. The van der Waals surface area contributed by atoms with Gasteiger partial charge in [0.2, 0.25) is 53.4 Å². The third-order valence-corrected chi connectivity index (χ3v) is 24.2. The minimum Gasteiger partial charge on any atom is -0.508 e. The predicted molar refractivity (Wildman–Crippen MR) is 441 cm³/mol. The number of aliphatic hydroxyl groups excluding tert-OH is 8. The highest BCUT2D eigenvalue weighted by molar-refractivity contribution is 7.15. The molecule has 3 saturated heterocycles. The van der Waals surface area contributed by atoms with E-state index in [-0.39, 0.29) is 43.0 Å². The first kappa shape index (κ1) is 94.9. The van der Waals surface area contributed by atoms with E-state index < -0.39 is 296 Å². The van der Waals surface area contributed by atoms with Crippen molar-refractivity contribution in [1.29, 1.82) is 0 Å². The van der Waals surface area contributed by atoms with Gasteiger partial charge in [0.25, 0.3) is 0 Å². The summed E-state index contributed by atoms with van der Waals surface area (Å²) in [5.74, 6) is -17.0. The van der Waals surface area contributed by atoms with Crippen LogP contribution < -0.4 is 68.2 Å². The SMILES string of the molecule is CN[C@H](CC(C)C)C(=O)NC1C(=O)N[C@H](CC(N)=O)C(=O)N[C@H]2C(=O)N[C@@H]3C(=O)N[C@H](C(=O)N[C@H](C(=O)O)c4cc(O)cc(O)c4-c4cc3ccc4O)[C@H](OC3C[C@](C)(N)[C@@H](O)[C@H](C)O3)c3ccc(c(Cl)c3)Oc3cc2cc(c3O[C@@H]2O[C@H](CO)[C@@H](O[C@@H]3O[C@H](CNCc4ccc(-c5ccc(C(F)(F)F)cc5)s4)[C@H](O)[C@H](O)[C@H]3O)[C@H](O)[C@H]2O)Oc2ccc(cc2Cl)[C@H]1O. The number of phenolic OH excluding ortho intramolecular Hbond substituents is 3. The molecule has 24 N–H and O–H groups in total. The van der Waals surface area contributed by atoms with E-state index >= 15 is 24.0 Å². The van der Waals surface area contributed by atoms with Crippen molar-refractivity contribution in [3.63, 3.8) is 0 Å². The Morgan fingerprint density at radius 1 is 0.672 bits per heavy atom. The topological polar surface area (TPSA) is 601 Å². The van der Waals surface area contributed by atoms with E-state index in [0.29, 0.717) is 15.3 Å². The first-order chi connectivity index (χ1) is 60.5. The van der Waals surface area contributed by atoms with E-state index in [1.54, 1.807) is 26.0 Å². The molecule has 3 fully saturated rings. The van der Waals surface area contributed by atoms with Crippen LogP contribution in [0.2, 0.25) is 10.0 Å². The number of thiophene rings is 1. The number of rotatable bonds is 20. The zero-order chi connectivity index (χ0) is 92.7. The highest BCUT2D eigenvalue weighted by atomic mass is 35.5. The Balaban J connectivity index is 0.952. The van der Waals surface area contributed by atoms with Gasteiger partial charge < -0.3 is 153 Å². The van der Waals surface area contributed by atoms with Crippen LogP contribution in [0.1, 0.15) is 116 Å². The molecule has 0 aliphatic carbocycles. The molecule has 0 saturated carbocycles. The molecule has 8 aliphatic rings. The minimum atomic E-state index is -4.56. The maximum absolute atomic E-state index is 16.4. The molecular weight excluding hydrogens is 1760 g/mol. The lowest BCUT2D eigenvalue weighted by Crippen LogP contribution is -2.65. The van der Waals surface area contributed by atoms with Crippen LogP contribution in [0.4, 0.5) is 13.2 Å². The Labute approximate surface area is 739 Å². The van der Waals surface area contributed by atoms with Gasteiger partial charge in [0.05, 0.1) is 46.9 Å². The molecule has 9 heterocycles. The number of carbonyl (C=O) groups excluding carboxylic acids is 7. The van der Waals surface area contributed by atoms with Crippen LogP contribution in [0.5, 0.6) is 46.0 Å². The van der Waals surface area contributed by atoms with Crippen LogP contribution in [0, 0.1) is 5.92 Å². The van der Waals surface area contributed by atoms with E-state index in [0.717, 1.165) is 78.9 Å². The molecular formula is C84H93Cl2F3N10O28S. The smallest absolute Gasteiger partial charge is 0.416 e. The van der Waals surface area contributed by atoms with Crippen molar-refractivity contribution < 1.29 is 151 Å². The standard InChI is InChI=1S/C84H93Cl2F3N10O28S/c1-31(2)18-45(92-5)74(112)98-62-64(105)35-9-15-49(43(85)20-35)121-51-22-37-23-52(71(51)126-82-69(110)67(108)72(54(30-100)124-82)127-81-68(109)66(107)65(106)53(123-81)29-93-28-40-13-17-55(128-40)33-6-11-38(12-7-33)84(87,88)89)122-50-16-10-36(21-44(50)86)70(125-57-27-83(4,91)73(111)32(3)120-57)63-79(117)97-61(80(118)119)42-24-39(101)25-48(103)58(42)41-19-34(8-14-47(41)102)59(76(114)99-63)96-77(115)60(37)95-75(113)46(26-56(90)104)94-78(62)116/h6-17,19-25,31-32,45-46,53-54,57,59-70,72-73,81-82,92-93,100-103,105-111H,18,26-30,91H2,1-5H3,(H2,90,104)(H,94,116)(H,95,113)(H,96,115)(H,97,117)(H,98,112)(H,99,114)(H,118,119)/t32-,45+,46+,53+,54+,57?,59-,60+,61-,62?,63-,64+,65-,66-,67+,68+,69+,70+,72+,73-,81-,82-,83-/m0/s1. The number of nitrogens with one attached hydrogen (secondary N) is 8. The van der Waals surface area contributed by atoms with Crippen molar-refractivity contribution in [2.24, 2.45) is 17.4 Å². The summed E-state index contributed by atoms with van der Waals surface area (Å²) in [5, 5.41) is 159. The molecule has 6 aromatic carbocycles. The van der Waals surface area contributed by atoms with Gasteiger partial charge in [0.1, 0.15) is 120 Å². The van der Waals surface area contributed by atoms with Gasteiger partial charge in [-0.15, -0.1) is 11.3 Å². The second-order valence-corrected chi connectivity index (χ2v) is 34.3. The maximum Gasteiger partial charge on any atom is 0.416 e. The average molecular weight is 1850 g/mol. The van der Waals surface area contributed by atoms with Gasteiger partial charge in [-0.25, -0.2) is 4.79 Å². The van der Waals surface area contributed by atoms with Gasteiger partial charge in [-0.05, 0) is 140 Å². The molecule has 0 radical (unpaired) electrons. The number of ether oxygens (including phenoxy) is 8. The second kappa shape index (κ2) is 38.9. The van der Waals surface area contributed by atoms with Crippen molar-refractivity contribution >= 4 is 81.9 Å². The molecule has 688 valence electrons. The van der Waals surface area contributed by atoms with Crippen molar-refractivity contribution in [2.75, 3.05) is 20.2 Å². The third kappa shape index (κ3) is 20.6. The molecule has 44 heteroatoms. The molecule has 2 unspecified atom stereocenters. The van der Waals surface area contributed by atoms with E-state index in [4.69, 9.17) is 72.6 Å². The molecule has 7 amide bonds. The lowest BCUT2D eigenvalue weighted by atomic mass is 9.86. The summed E-state index contributed by atoms with van der Waals surface area (Å²) in [6.45, 7) is 5.13. The molecule has 11 bridgehead atoms. The number of aromatic hydroxyl groups is 3. The van der Waals surface area contributed by atoms with Crippen LogP contribution >= 0.6 is 34.5 Å². The van der Waals surface area contributed by atoms with Gasteiger partial charge in [-0.1, -0.05) is 67.4 Å².